The number of aliphatic hydroxyl groups is 1. The zero-order chi connectivity index (χ0) is 7.11. The monoisotopic (exact) mass is 125 g/mol. The van der Waals surface area contributed by atoms with E-state index >= 15 is 0 Å². The lowest BCUT2D eigenvalue weighted by atomic mass is 10.1. The first kappa shape index (κ1) is 8.19. The molecule has 0 heterocycles. The summed E-state index contributed by atoms with van der Waals surface area (Å²) in [5.41, 5.74) is 0.600. The molecule has 2 heteroatoms. The van der Waals surface area contributed by atoms with E-state index in [2.05, 4.69) is 6.58 Å². The Balaban J connectivity index is 3.10. The van der Waals surface area contributed by atoms with Gasteiger partial charge in [-0.15, -0.1) is 0 Å². The molecule has 0 aromatic carbocycles. The minimum atomic E-state index is 0.207. The van der Waals surface area contributed by atoms with Crippen molar-refractivity contribution < 1.29 is 5.11 Å². The molecule has 0 fully saturated rings. The van der Waals surface area contributed by atoms with Gasteiger partial charge < -0.3 is 5.11 Å². The van der Waals surface area contributed by atoms with Crippen LogP contribution in [0.3, 0.4) is 0 Å². The summed E-state index contributed by atoms with van der Waals surface area (Å²) >= 11 is 0. The largest absolute Gasteiger partial charge is 0.396 e. The maximum atomic E-state index is 8.34. The first-order valence-electron chi connectivity index (χ1n) is 3.00. The van der Waals surface area contributed by atoms with Crippen molar-refractivity contribution in [3.8, 4) is 6.07 Å². The fraction of sp³-hybridized carbons (Fsp3) is 0.571. The molecule has 0 aliphatic heterocycles. The zero-order valence-electron chi connectivity index (χ0n) is 5.43. The van der Waals surface area contributed by atoms with E-state index < -0.39 is 0 Å². The number of hydrogen-bond acceptors (Lipinski definition) is 2. The molecule has 1 N–H and O–H groups in total. The molecular weight excluding hydrogens is 114 g/mol. The average Bonchev–Trinajstić information content (AvgIpc) is 1.89. The van der Waals surface area contributed by atoms with Crippen LogP contribution in [0.5, 0.6) is 0 Å². The fourth-order valence-electron chi connectivity index (χ4n) is 0.506. The third-order valence-corrected chi connectivity index (χ3v) is 1.04. The molecule has 0 saturated heterocycles. The third kappa shape index (κ3) is 5.05. The van der Waals surface area contributed by atoms with Crippen LogP contribution in [0.4, 0.5) is 0 Å². The van der Waals surface area contributed by atoms with E-state index in [0.717, 1.165) is 19.3 Å². The molecule has 0 spiro atoms. The van der Waals surface area contributed by atoms with E-state index in [4.69, 9.17) is 10.4 Å². The standard InChI is InChI=1S/C7H11NO/c1-7(6-8)4-2-3-5-9/h9H,1-5H2. The number of aliphatic hydroxyl groups excluding tert-OH is 1. The van der Waals surface area contributed by atoms with E-state index in [0.29, 0.717) is 5.57 Å². The minimum Gasteiger partial charge on any atom is -0.396 e. The summed E-state index contributed by atoms with van der Waals surface area (Å²) in [6.07, 6.45) is 2.35. The third-order valence-electron chi connectivity index (χ3n) is 1.04. The van der Waals surface area contributed by atoms with Crippen LogP contribution in [0, 0.1) is 11.3 Å². The van der Waals surface area contributed by atoms with Crippen LogP contribution in [-0.2, 0) is 0 Å². The van der Waals surface area contributed by atoms with E-state index in [1.165, 1.54) is 0 Å². The van der Waals surface area contributed by atoms with Gasteiger partial charge in [0.2, 0.25) is 0 Å². The van der Waals surface area contributed by atoms with Gasteiger partial charge in [0, 0.05) is 12.2 Å². The predicted octanol–water partition coefficient (Wildman–Crippen LogP) is 1.23. The van der Waals surface area contributed by atoms with Crippen molar-refractivity contribution in [3.05, 3.63) is 12.2 Å². The van der Waals surface area contributed by atoms with Gasteiger partial charge in [-0.1, -0.05) is 6.58 Å². The highest BCUT2D eigenvalue weighted by Gasteiger charge is 1.89. The fourth-order valence-corrected chi connectivity index (χ4v) is 0.506. The van der Waals surface area contributed by atoms with Gasteiger partial charge in [-0.3, -0.25) is 0 Å². The topological polar surface area (TPSA) is 44.0 Å². The molecule has 0 bridgehead atoms. The maximum absolute atomic E-state index is 8.34. The molecule has 9 heavy (non-hydrogen) atoms. The second-order valence-corrected chi connectivity index (χ2v) is 1.90. The number of allylic oxidation sites excluding steroid dienone is 1. The van der Waals surface area contributed by atoms with E-state index in [1.807, 2.05) is 6.07 Å². The highest BCUT2D eigenvalue weighted by atomic mass is 16.2. The van der Waals surface area contributed by atoms with Crippen LogP contribution < -0.4 is 0 Å². The van der Waals surface area contributed by atoms with Crippen LogP contribution in [0.2, 0.25) is 0 Å². The number of nitriles is 1. The summed E-state index contributed by atoms with van der Waals surface area (Å²) in [7, 11) is 0. The second-order valence-electron chi connectivity index (χ2n) is 1.90. The van der Waals surface area contributed by atoms with Crippen molar-refractivity contribution in [3.63, 3.8) is 0 Å². The predicted molar refractivity (Wildman–Crippen MR) is 35.7 cm³/mol. The van der Waals surface area contributed by atoms with Crippen molar-refractivity contribution in [1.29, 1.82) is 5.26 Å². The Morgan fingerprint density at radius 3 is 2.67 bits per heavy atom. The van der Waals surface area contributed by atoms with Gasteiger partial charge in [0.25, 0.3) is 0 Å². The highest BCUT2D eigenvalue weighted by molar-refractivity contribution is 5.14. The maximum Gasteiger partial charge on any atom is 0.0940 e. The van der Waals surface area contributed by atoms with Crippen LogP contribution in [-0.4, -0.2) is 11.7 Å². The Morgan fingerprint density at radius 1 is 1.56 bits per heavy atom. The number of nitrogens with zero attached hydrogens (tertiary/aromatic N) is 1. The Labute approximate surface area is 55.4 Å². The smallest absolute Gasteiger partial charge is 0.0940 e. The average molecular weight is 125 g/mol. The van der Waals surface area contributed by atoms with Gasteiger partial charge in [0.15, 0.2) is 0 Å². The molecular formula is C7H11NO. The van der Waals surface area contributed by atoms with E-state index in [9.17, 15) is 0 Å². The van der Waals surface area contributed by atoms with Gasteiger partial charge in [0.05, 0.1) is 6.07 Å². The zero-order valence-corrected chi connectivity index (χ0v) is 5.43. The lowest BCUT2D eigenvalue weighted by Crippen LogP contribution is -1.83. The summed E-state index contributed by atoms with van der Waals surface area (Å²) in [6.45, 7) is 3.71. The van der Waals surface area contributed by atoms with Gasteiger partial charge in [-0.05, 0) is 19.3 Å². The minimum absolute atomic E-state index is 0.207. The lowest BCUT2D eigenvalue weighted by molar-refractivity contribution is 0.285. The molecule has 0 rings (SSSR count). The highest BCUT2D eigenvalue weighted by Crippen LogP contribution is 2.01. The van der Waals surface area contributed by atoms with Crippen LogP contribution in [0.25, 0.3) is 0 Å². The van der Waals surface area contributed by atoms with Gasteiger partial charge in [0.1, 0.15) is 0 Å². The number of hydrogen-bond donors (Lipinski definition) is 1. The summed E-state index contributed by atoms with van der Waals surface area (Å²) in [4.78, 5) is 0. The van der Waals surface area contributed by atoms with E-state index in [-0.39, 0.29) is 6.61 Å². The molecule has 0 saturated carbocycles. The normalized spacial score (nSPS) is 8.44. The van der Waals surface area contributed by atoms with Crippen molar-refractivity contribution in [2.75, 3.05) is 6.61 Å². The first-order valence-corrected chi connectivity index (χ1v) is 3.00. The quantitative estimate of drug-likeness (QED) is 0.453. The van der Waals surface area contributed by atoms with E-state index in [1.54, 1.807) is 0 Å². The Kier molecular flexibility index (Phi) is 4.85. The van der Waals surface area contributed by atoms with Crippen molar-refractivity contribution in [1.82, 2.24) is 0 Å². The lowest BCUT2D eigenvalue weighted by Gasteiger charge is -1.92. The van der Waals surface area contributed by atoms with Gasteiger partial charge in [-0.25, -0.2) is 0 Å². The first-order chi connectivity index (χ1) is 4.31. The molecule has 0 amide bonds. The van der Waals surface area contributed by atoms with Gasteiger partial charge in [-0.2, -0.15) is 5.26 Å². The van der Waals surface area contributed by atoms with Crippen LogP contribution in [0.1, 0.15) is 19.3 Å². The molecule has 50 valence electrons. The molecule has 0 aliphatic rings. The molecule has 0 atom stereocenters. The molecule has 0 unspecified atom stereocenters. The summed E-state index contributed by atoms with van der Waals surface area (Å²) in [5.74, 6) is 0. The summed E-state index contributed by atoms with van der Waals surface area (Å²) < 4.78 is 0. The number of unbranched alkanes of at least 4 members (excludes halogenated alkanes) is 1. The molecule has 0 aliphatic carbocycles. The molecule has 0 aromatic rings. The summed E-state index contributed by atoms with van der Waals surface area (Å²) in [6, 6.07) is 1.95. The Bertz CT molecular complexity index is 123. The molecule has 0 radical (unpaired) electrons. The molecule has 0 aromatic heterocycles. The van der Waals surface area contributed by atoms with Crippen LogP contribution >= 0.6 is 0 Å². The number of rotatable bonds is 4. The summed E-state index contributed by atoms with van der Waals surface area (Å²) in [5, 5.41) is 16.6. The Hall–Kier alpha value is -0.810. The van der Waals surface area contributed by atoms with Crippen molar-refractivity contribution >= 4 is 0 Å². The van der Waals surface area contributed by atoms with Crippen LogP contribution in [0.15, 0.2) is 12.2 Å². The SMILES string of the molecule is C=C(C#N)CCCCO. The van der Waals surface area contributed by atoms with Gasteiger partial charge >= 0.3 is 0 Å². The Morgan fingerprint density at radius 2 is 2.22 bits per heavy atom. The molecule has 2 nitrogen and oxygen atoms in total. The van der Waals surface area contributed by atoms with Crippen molar-refractivity contribution in [2.24, 2.45) is 0 Å². The van der Waals surface area contributed by atoms with Crippen molar-refractivity contribution in [2.45, 2.75) is 19.3 Å². The second kappa shape index (κ2) is 5.33.